The maximum atomic E-state index is 4.53. The number of piperidine rings is 1. The molecule has 6 rings (SSSR count). The van der Waals surface area contributed by atoms with Crippen LogP contribution in [0, 0.1) is 0 Å². The van der Waals surface area contributed by atoms with Gasteiger partial charge in [0.25, 0.3) is 0 Å². The van der Waals surface area contributed by atoms with Crippen molar-refractivity contribution in [3.05, 3.63) is 71.9 Å². The molecule has 4 heterocycles. The van der Waals surface area contributed by atoms with Crippen molar-refractivity contribution in [2.45, 2.75) is 51.5 Å². The first-order valence-electron chi connectivity index (χ1n) is 12.9. The Morgan fingerprint density at radius 1 is 0.941 bits per heavy atom. The summed E-state index contributed by atoms with van der Waals surface area (Å²) in [6.07, 6.45) is 7.96. The molecule has 0 spiro atoms. The van der Waals surface area contributed by atoms with Gasteiger partial charge in [-0.05, 0) is 75.0 Å². The van der Waals surface area contributed by atoms with Crippen LogP contribution in [0.1, 0.15) is 55.7 Å². The average Bonchev–Trinajstić information content (AvgIpc) is 3.49. The number of aromatic amines is 1. The smallest absolute Gasteiger partial charge is 0.157 e. The number of benzene rings is 2. The molecule has 4 aromatic rings. The number of para-hydroxylation sites is 3. The van der Waals surface area contributed by atoms with E-state index in [4.69, 9.17) is 0 Å². The molecule has 0 saturated carbocycles. The van der Waals surface area contributed by atoms with E-state index in [1.807, 2.05) is 0 Å². The number of hydrogen-bond donors (Lipinski definition) is 1. The first kappa shape index (κ1) is 21.4. The summed E-state index contributed by atoms with van der Waals surface area (Å²) >= 11 is 0. The standard InChI is InChI=1S/C28H34N6/c1-2-8-27-30-31-28-20-33(25-11-5-6-12-26(25)34(27)28)16-7-15-32-17-13-21(14-18-32)23-19-29-24-10-4-3-9-22(23)24/h3-6,9-12,19,21,29H,2,7-8,13-18,20H2,1H3. The largest absolute Gasteiger partial charge is 0.362 e. The number of rotatable bonds is 7. The van der Waals surface area contributed by atoms with Gasteiger partial charge in [0.05, 0.1) is 17.9 Å². The van der Waals surface area contributed by atoms with Crippen LogP contribution in [-0.4, -0.2) is 50.8 Å². The number of anilines is 1. The van der Waals surface area contributed by atoms with Crippen molar-refractivity contribution < 1.29 is 0 Å². The van der Waals surface area contributed by atoms with Gasteiger partial charge in [0.2, 0.25) is 0 Å². The van der Waals surface area contributed by atoms with Gasteiger partial charge in [0.15, 0.2) is 5.82 Å². The van der Waals surface area contributed by atoms with Gasteiger partial charge >= 0.3 is 0 Å². The van der Waals surface area contributed by atoms with E-state index in [2.05, 4.69) is 91.2 Å². The van der Waals surface area contributed by atoms with Crippen molar-refractivity contribution in [2.24, 2.45) is 0 Å². The number of fused-ring (bicyclic) bond motifs is 4. The Kier molecular flexibility index (Phi) is 5.83. The zero-order chi connectivity index (χ0) is 22.9. The van der Waals surface area contributed by atoms with Gasteiger partial charge in [-0.1, -0.05) is 37.3 Å². The molecule has 176 valence electrons. The SMILES string of the molecule is CCCc1nnc2n1-c1ccccc1N(CCCN1CCC(c3c[nH]c4ccccc34)CC1)C2. The lowest BCUT2D eigenvalue weighted by Gasteiger charge is -2.34. The Hall–Kier alpha value is -3.12. The first-order chi connectivity index (χ1) is 16.8. The van der Waals surface area contributed by atoms with E-state index in [9.17, 15) is 0 Å². The molecule has 2 aromatic carbocycles. The summed E-state index contributed by atoms with van der Waals surface area (Å²) in [6, 6.07) is 17.4. The summed E-state index contributed by atoms with van der Waals surface area (Å²) in [4.78, 5) is 8.61. The second-order valence-electron chi connectivity index (χ2n) is 9.79. The average molecular weight is 455 g/mol. The number of aromatic nitrogens is 4. The number of hydrogen-bond acceptors (Lipinski definition) is 4. The molecule has 2 aliphatic rings. The van der Waals surface area contributed by atoms with Crippen LogP contribution in [0.4, 0.5) is 5.69 Å². The topological polar surface area (TPSA) is 53.0 Å². The van der Waals surface area contributed by atoms with E-state index in [0.717, 1.165) is 44.1 Å². The predicted molar refractivity (Wildman–Crippen MR) is 138 cm³/mol. The normalized spacial score (nSPS) is 16.7. The molecule has 0 unspecified atom stereocenters. The molecule has 1 N–H and O–H groups in total. The third-order valence-corrected chi connectivity index (χ3v) is 7.62. The summed E-state index contributed by atoms with van der Waals surface area (Å²) in [6.45, 7) is 7.63. The van der Waals surface area contributed by atoms with Gasteiger partial charge in [-0.2, -0.15) is 0 Å². The predicted octanol–water partition coefficient (Wildman–Crippen LogP) is 5.29. The van der Waals surface area contributed by atoms with Crippen molar-refractivity contribution in [3.63, 3.8) is 0 Å². The van der Waals surface area contributed by atoms with Gasteiger partial charge in [-0.25, -0.2) is 0 Å². The van der Waals surface area contributed by atoms with Gasteiger partial charge in [-0.15, -0.1) is 10.2 Å². The second-order valence-corrected chi connectivity index (χ2v) is 9.79. The molecular formula is C28H34N6. The lowest BCUT2D eigenvalue weighted by atomic mass is 9.89. The van der Waals surface area contributed by atoms with E-state index >= 15 is 0 Å². The number of aryl methyl sites for hydroxylation is 1. The number of nitrogens with one attached hydrogen (secondary N) is 1. The Labute approximate surface area is 201 Å². The van der Waals surface area contributed by atoms with Crippen LogP contribution in [0.15, 0.2) is 54.7 Å². The number of likely N-dealkylation sites (tertiary alicyclic amines) is 1. The molecule has 6 nitrogen and oxygen atoms in total. The first-order valence-corrected chi connectivity index (χ1v) is 12.9. The molecule has 1 fully saturated rings. The Morgan fingerprint density at radius 3 is 2.59 bits per heavy atom. The summed E-state index contributed by atoms with van der Waals surface area (Å²) in [7, 11) is 0. The van der Waals surface area contributed by atoms with E-state index in [1.54, 1.807) is 0 Å². The third-order valence-electron chi connectivity index (χ3n) is 7.62. The van der Waals surface area contributed by atoms with Crippen molar-refractivity contribution in [2.75, 3.05) is 31.1 Å². The highest BCUT2D eigenvalue weighted by atomic mass is 15.3. The monoisotopic (exact) mass is 454 g/mol. The molecule has 0 atom stereocenters. The van der Waals surface area contributed by atoms with Crippen LogP contribution in [0.2, 0.25) is 0 Å². The van der Waals surface area contributed by atoms with Crippen molar-refractivity contribution in [1.29, 1.82) is 0 Å². The van der Waals surface area contributed by atoms with Crippen LogP contribution >= 0.6 is 0 Å². The van der Waals surface area contributed by atoms with E-state index < -0.39 is 0 Å². The fraction of sp³-hybridized carbons (Fsp3) is 0.429. The van der Waals surface area contributed by atoms with Crippen LogP contribution in [-0.2, 0) is 13.0 Å². The highest BCUT2D eigenvalue weighted by Gasteiger charge is 2.26. The van der Waals surface area contributed by atoms with Crippen LogP contribution < -0.4 is 4.90 Å². The van der Waals surface area contributed by atoms with Crippen LogP contribution in [0.5, 0.6) is 0 Å². The lowest BCUT2D eigenvalue weighted by Crippen LogP contribution is -2.36. The number of H-pyrrole nitrogens is 1. The molecule has 0 radical (unpaired) electrons. The minimum atomic E-state index is 0.671. The Morgan fingerprint density at radius 2 is 1.74 bits per heavy atom. The molecule has 2 aromatic heterocycles. The molecule has 0 aliphatic carbocycles. The molecule has 34 heavy (non-hydrogen) atoms. The van der Waals surface area contributed by atoms with Gasteiger partial charge in [-0.3, -0.25) is 4.57 Å². The highest BCUT2D eigenvalue weighted by Crippen LogP contribution is 2.34. The molecule has 0 amide bonds. The molecule has 1 saturated heterocycles. The highest BCUT2D eigenvalue weighted by molar-refractivity contribution is 5.83. The minimum absolute atomic E-state index is 0.671. The van der Waals surface area contributed by atoms with E-state index in [-0.39, 0.29) is 0 Å². The van der Waals surface area contributed by atoms with Gasteiger partial charge < -0.3 is 14.8 Å². The van der Waals surface area contributed by atoms with Crippen LogP contribution in [0.25, 0.3) is 16.6 Å². The van der Waals surface area contributed by atoms with Crippen LogP contribution in [0.3, 0.4) is 0 Å². The molecule has 6 heteroatoms. The number of nitrogens with zero attached hydrogens (tertiary/aromatic N) is 5. The fourth-order valence-electron chi connectivity index (χ4n) is 5.88. The zero-order valence-electron chi connectivity index (χ0n) is 20.1. The second kappa shape index (κ2) is 9.26. The summed E-state index contributed by atoms with van der Waals surface area (Å²) in [5.74, 6) is 2.83. The maximum Gasteiger partial charge on any atom is 0.157 e. The van der Waals surface area contributed by atoms with Crippen molar-refractivity contribution in [3.8, 4) is 5.69 Å². The lowest BCUT2D eigenvalue weighted by molar-refractivity contribution is 0.211. The molecule has 2 aliphatic heterocycles. The molecule has 0 bridgehead atoms. The Bertz CT molecular complexity index is 1260. The van der Waals surface area contributed by atoms with E-state index in [1.165, 1.54) is 60.2 Å². The summed E-state index contributed by atoms with van der Waals surface area (Å²) in [5, 5.41) is 10.4. The maximum absolute atomic E-state index is 4.53. The Balaban J connectivity index is 1.06. The quantitative estimate of drug-likeness (QED) is 0.412. The third kappa shape index (κ3) is 3.90. The summed E-state index contributed by atoms with van der Waals surface area (Å²) in [5.41, 5.74) is 5.31. The van der Waals surface area contributed by atoms with Gasteiger partial charge in [0.1, 0.15) is 5.82 Å². The zero-order valence-corrected chi connectivity index (χ0v) is 20.1. The van der Waals surface area contributed by atoms with Crippen molar-refractivity contribution >= 4 is 16.6 Å². The fourth-order valence-corrected chi connectivity index (χ4v) is 5.88. The molecular weight excluding hydrogens is 420 g/mol. The van der Waals surface area contributed by atoms with Crippen molar-refractivity contribution in [1.82, 2.24) is 24.6 Å². The van der Waals surface area contributed by atoms with E-state index in [0.29, 0.717) is 5.92 Å². The summed E-state index contributed by atoms with van der Waals surface area (Å²) < 4.78 is 2.28. The minimum Gasteiger partial charge on any atom is -0.362 e. The van der Waals surface area contributed by atoms with Gasteiger partial charge in [0, 0.05) is 30.1 Å².